The smallest absolute Gasteiger partial charge is 0.417 e. The molecule has 12 heteroatoms. The summed E-state index contributed by atoms with van der Waals surface area (Å²) in [5, 5.41) is 3.43. The molecule has 1 unspecified atom stereocenters. The maximum absolute atomic E-state index is 13.4. The van der Waals surface area contributed by atoms with E-state index in [-0.39, 0.29) is 12.1 Å². The van der Waals surface area contributed by atoms with Gasteiger partial charge in [0.15, 0.2) is 5.58 Å². The van der Waals surface area contributed by atoms with Gasteiger partial charge in [-0.1, -0.05) is 0 Å². The van der Waals surface area contributed by atoms with Crippen LogP contribution in [0.1, 0.15) is 24.0 Å². The molecule has 0 radical (unpaired) electrons. The molecule has 1 saturated heterocycles. The summed E-state index contributed by atoms with van der Waals surface area (Å²) in [4.78, 5) is 40.5. The van der Waals surface area contributed by atoms with Crippen LogP contribution in [0, 0.1) is 6.92 Å². The number of urea groups is 1. The van der Waals surface area contributed by atoms with E-state index < -0.39 is 16.6 Å². The van der Waals surface area contributed by atoms with E-state index >= 15 is 0 Å². The number of aromatic nitrogens is 3. The fourth-order valence-corrected chi connectivity index (χ4v) is 6.43. The lowest BCUT2D eigenvalue weighted by atomic mass is 10.0. The van der Waals surface area contributed by atoms with Crippen LogP contribution in [0.4, 0.5) is 16.3 Å². The van der Waals surface area contributed by atoms with Gasteiger partial charge in [-0.05, 0) is 67.6 Å². The summed E-state index contributed by atoms with van der Waals surface area (Å²) in [6, 6.07) is 10.9. The number of H-pyrrole nitrogens is 1. The number of amides is 2. The fourth-order valence-electron chi connectivity index (χ4n) is 5.33. The molecule has 1 fully saturated rings. The second-order valence-corrected chi connectivity index (χ2v) is 11.2. The molecule has 0 saturated carbocycles. The molecule has 39 heavy (non-hydrogen) atoms. The Balaban J connectivity index is 1.14. The standard InChI is InChI=1S/C27H28N6O5S/c1-16-11-20(13-22-25(16)31-27(35)38-22)39(36)24-14-23(28-15-29-24)32-8-6-18(7-9-32)33-10-5-17-12-19(37-2)3-4-21(17)30-26(33)34/h3-4,11-15,18H,5-10H2,1-2H3,(H,30,34)(H,31,35). The first-order valence-corrected chi connectivity index (χ1v) is 13.9. The molecule has 202 valence electrons. The lowest BCUT2D eigenvalue weighted by Crippen LogP contribution is -2.49. The lowest BCUT2D eigenvalue weighted by Gasteiger charge is -2.38. The number of nitrogens with zero attached hydrogens (tertiary/aromatic N) is 4. The predicted octanol–water partition coefficient (Wildman–Crippen LogP) is 3.45. The van der Waals surface area contributed by atoms with Crippen LogP contribution < -0.4 is 20.7 Å². The number of hydrogen-bond acceptors (Lipinski definition) is 8. The first-order chi connectivity index (χ1) is 18.9. The second-order valence-electron chi connectivity index (χ2n) is 9.73. The van der Waals surface area contributed by atoms with Gasteiger partial charge in [0.05, 0.1) is 12.6 Å². The van der Waals surface area contributed by atoms with Gasteiger partial charge >= 0.3 is 11.8 Å². The van der Waals surface area contributed by atoms with E-state index in [1.807, 2.05) is 30.0 Å². The Morgan fingerprint density at radius 1 is 1.08 bits per heavy atom. The van der Waals surface area contributed by atoms with Gasteiger partial charge in [-0.3, -0.25) is 4.98 Å². The molecule has 4 aromatic rings. The van der Waals surface area contributed by atoms with Crippen LogP contribution in [0.5, 0.6) is 5.75 Å². The van der Waals surface area contributed by atoms with Gasteiger partial charge in [0, 0.05) is 42.3 Å². The summed E-state index contributed by atoms with van der Waals surface area (Å²) in [7, 11) is 0.0562. The lowest BCUT2D eigenvalue weighted by molar-refractivity contribution is 0.177. The first kappa shape index (κ1) is 25.1. The Kier molecular flexibility index (Phi) is 6.55. The van der Waals surface area contributed by atoms with Gasteiger partial charge < -0.3 is 24.3 Å². The van der Waals surface area contributed by atoms with Crippen molar-refractivity contribution in [2.75, 3.05) is 37.0 Å². The van der Waals surface area contributed by atoms with Gasteiger partial charge in [0.1, 0.15) is 33.7 Å². The number of piperidine rings is 1. The van der Waals surface area contributed by atoms with E-state index in [0.29, 0.717) is 46.5 Å². The molecule has 6 rings (SSSR count). The van der Waals surface area contributed by atoms with Crippen molar-refractivity contribution in [1.29, 1.82) is 0 Å². The second kappa shape index (κ2) is 10.2. The number of benzene rings is 2. The highest BCUT2D eigenvalue weighted by Crippen LogP contribution is 2.29. The van der Waals surface area contributed by atoms with E-state index in [0.717, 1.165) is 41.8 Å². The van der Waals surface area contributed by atoms with Gasteiger partial charge in [-0.15, -0.1) is 0 Å². The summed E-state index contributed by atoms with van der Waals surface area (Å²) < 4.78 is 23.9. The molecule has 2 N–H and O–H groups in total. The van der Waals surface area contributed by atoms with E-state index in [9.17, 15) is 13.8 Å². The Morgan fingerprint density at radius 3 is 2.69 bits per heavy atom. The summed E-state index contributed by atoms with van der Waals surface area (Å²) >= 11 is 0. The van der Waals surface area contributed by atoms with Crippen LogP contribution in [0.15, 0.2) is 61.9 Å². The molecule has 2 aromatic carbocycles. The number of ether oxygens (including phenoxy) is 1. The highest BCUT2D eigenvalue weighted by Gasteiger charge is 2.31. The van der Waals surface area contributed by atoms with Gasteiger partial charge in [0.25, 0.3) is 0 Å². The molecular weight excluding hydrogens is 520 g/mol. The van der Waals surface area contributed by atoms with Gasteiger partial charge in [-0.25, -0.2) is 23.8 Å². The maximum atomic E-state index is 13.4. The number of oxazole rings is 1. The highest BCUT2D eigenvalue weighted by molar-refractivity contribution is 7.85. The van der Waals surface area contributed by atoms with Crippen LogP contribution in [-0.4, -0.2) is 62.9 Å². The minimum Gasteiger partial charge on any atom is -0.497 e. The normalized spacial score (nSPS) is 17.0. The van der Waals surface area contributed by atoms with E-state index in [2.05, 4.69) is 25.2 Å². The quantitative estimate of drug-likeness (QED) is 0.362. The molecule has 11 nitrogen and oxygen atoms in total. The molecule has 1 atom stereocenters. The SMILES string of the molecule is COc1ccc2c(c1)CCN(C1CCN(c3cc(S(=O)c4cc(C)c5[nH]c(=O)oc5c4)ncn3)CC1)C(=O)N2. The number of fused-ring (bicyclic) bond motifs is 2. The van der Waals surface area contributed by atoms with Crippen LogP contribution in [-0.2, 0) is 17.2 Å². The summed E-state index contributed by atoms with van der Waals surface area (Å²) in [6.45, 7) is 3.87. The summed E-state index contributed by atoms with van der Waals surface area (Å²) in [6.07, 6.45) is 3.75. The van der Waals surface area contributed by atoms with Crippen LogP contribution in [0.3, 0.4) is 0 Å². The minimum atomic E-state index is -1.58. The molecular formula is C27H28N6O5S. The molecule has 2 aromatic heterocycles. The van der Waals surface area contributed by atoms with Crippen molar-refractivity contribution >= 4 is 39.4 Å². The average Bonchev–Trinajstić information content (AvgIpc) is 3.26. The van der Waals surface area contributed by atoms with Crippen molar-refractivity contribution < 1.29 is 18.2 Å². The van der Waals surface area contributed by atoms with Crippen molar-refractivity contribution in [2.45, 2.75) is 42.1 Å². The van der Waals surface area contributed by atoms with Crippen molar-refractivity contribution in [3.8, 4) is 5.75 Å². The molecule has 0 aliphatic carbocycles. The number of aromatic amines is 1. The third kappa shape index (κ3) is 4.87. The van der Waals surface area contributed by atoms with Crippen LogP contribution in [0.25, 0.3) is 11.1 Å². The Morgan fingerprint density at radius 2 is 1.90 bits per heavy atom. The summed E-state index contributed by atoms with van der Waals surface area (Å²) in [5.74, 6) is 0.922. The first-order valence-electron chi connectivity index (χ1n) is 12.8. The highest BCUT2D eigenvalue weighted by atomic mass is 32.2. The topological polar surface area (TPSA) is 134 Å². The van der Waals surface area contributed by atoms with Crippen molar-refractivity contribution in [1.82, 2.24) is 19.9 Å². The van der Waals surface area contributed by atoms with Crippen molar-refractivity contribution in [3.63, 3.8) is 0 Å². The van der Waals surface area contributed by atoms with Crippen molar-refractivity contribution in [2.24, 2.45) is 0 Å². The number of anilines is 2. The van der Waals surface area contributed by atoms with E-state index in [4.69, 9.17) is 9.15 Å². The number of methoxy groups -OCH3 is 1. The fraction of sp³-hybridized carbons (Fsp3) is 0.333. The average molecular weight is 549 g/mol. The Labute approximate surface area is 226 Å². The monoisotopic (exact) mass is 548 g/mol. The number of aryl methyl sites for hydroxylation is 1. The summed E-state index contributed by atoms with van der Waals surface area (Å²) in [5.41, 5.74) is 3.61. The molecule has 2 aliphatic rings. The Bertz CT molecular complexity index is 1640. The number of nitrogens with one attached hydrogen (secondary N) is 2. The number of hydrogen-bond donors (Lipinski definition) is 2. The molecule has 0 spiro atoms. The van der Waals surface area contributed by atoms with Crippen LogP contribution in [0.2, 0.25) is 0 Å². The zero-order valence-corrected chi connectivity index (χ0v) is 22.4. The number of carbonyl (C=O) groups is 1. The van der Waals surface area contributed by atoms with E-state index in [1.165, 1.54) is 6.33 Å². The molecule has 2 amide bonds. The predicted molar refractivity (Wildman–Crippen MR) is 146 cm³/mol. The maximum Gasteiger partial charge on any atom is 0.417 e. The molecule has 2 aliphatic heterocycles. The number of rotatable bonds is 5. The van der Waals surface area contributed by atoms with Crippen molar-refractivity contribution in [3.05, 3.63) is 64.4 Å². The third-order valence-electron chi connectivity index (χ3n) is 7.40. The van der Waals surface area contributed by atoms with Crippen LogP contribution >= 0.6 is 0 Å². The minimum absolute atomic E-state index is 0.0809. The van der Waals surface area contributed by atoms with Gasteiger partial charge in [-0.2, -0.15) is 0 Å². The van der Waals surface area contributed by atoms with Gasteiger partial charge in [0.2, 0.25) is 0 Å². The largest absolute Gasteiger partial charge is 0.497 e. The zero-order chi connectivity index (χ0) is 27.1. The Hall–Kier alpha value is -4.19. The van der Waals surface area contributed by atoms with E-state index in [1.54, 1.807) is 25.3 Å². The zero-order valence-electron chi connectivity index (χ0n) is 21.6. The third-order valence-corrected chi connectivity index (χ3v) is 8.67. The number of carbonyl (C=O) groups excluding carboxylic acids is 1. The molecule has 0 bridgehead atoms. The molecule has 4 heterocycles.